The maximum absolute atomic E-state index is 11.8. The summed E-state index contributed by atoms with van der Waals surface area (Å²) in [5, 5.41) is 0. The van der Waals surface area contributed by atoms with Crippen molar-refractivity contribution < 1.29 is 14.3 Å². The lowest BCUT2D eigenvalue weighted by molar-refractivity contribution is -0.139. The van der Waals surface area contributed by atoms with Crippen molar-refractivity contribution in [3.05, 3.63) is 36.5 Å². The van der Waals surface area contributed by atoms with E-state index in [1.165, 1.54) is 0 Å². The van der Waals surface area contributed by atoms with Crippen LogP contribution in [0.4, 0.5) is 0 Å². The molecule has 1 aliphatic heterocycles. The lowest BCUT2D eigenvalue weighted by atomic mass is 9.83. The van der Waals surface area contributed by atoms with Gasteiger partial charge < -0.3 is 4.74 Å². The molecule has 0 aromatic heterocycles. The summed E-state index contributed by atoms with van der Waals surface area (Å²) in [6.45, 7) is 11.8. The Balaban J connectivity index is 1.96. The highest BCUT2D eigenvalue weighted by Crippen LogP contribution is 2.49. The van der Waals surface area contributed by atoms with Crippen molar-refractivity contribution in [3.63, 3.8) is 0 Å². The van der Waals surface area contributed by atoms with Crippen molar-refractivity contribution in [2.45, 2.75) is 25.4 Å². The first kappa shape index (κ1) is 11.5. The topological polar surface area (TPSA) is 43.4 Å². The summed E-state index contributed by atoms with van der Waals surface area (Å²) >= 11 is 0. The lowest BCUT2D eigenvalue weighted by Crippen LogP contribution is -2.17. The third-order valence-corrected chi connectivity index (χ3v) is 4.61. The van der Waals surface area contributed by atoms with Crippen molar-refractivity contribution in [1.29, 1.82) is 0 Å². The van der Waals surface area contributed by atoms with Crippen LogP contribution < -0.4 is 0 Å². The largest absolute Gasteiger partial charge is 0.458 e. The zero-order chi connectivity index (χ0) is 13.0. The van der Waals surface area contributed by atoms with Gasteiger partial charge in [-0.3, -0.25) is 4.79 Å². The number of carbonyl (C=O) groups excluding carboxylic acids is 2. The number of fused-ring (bicyclic) bond motifs is 2. The predicted octanol–water partition coefficient (Wildman–Crippen LogP) is 2.20. The standard InChI is InChI=1S/C15H16O3/c1-7-4-14-12(9(3)15(17)18-14)5-11-8(2)13(16)6-10(7)11/h10-12,14H,1-6H2/t10-,11-,12+,14-/m0/s1. The molecule has 18 heavy (non-hydrogen) atoms. The molecule has 3 aliphatic rings. The van der Waals surface area contributed by atoms with E-state index in [1.54, 1.807) is 0 Å². The molecule has 2 saturated carbocycles. The Morgan fingerprint density at radius 1 is 0.944 bits per heavy atom. The summed E-state index contributed by atoms with van der Waals surface area (Å²) in [6.07, 6.45) is 1.77. The molecule has 0 spiro atoms. The van der Waals surface area contributed by atoms with Gasteiger partial charge in [0.2, 0.25) is 0 Å². The van der Waals surface area contributed by atoms with Crippen LogP contribution in [0.3, 0.4) is 0 Å². The molecule has 0 N–H and O–H groups in total. The van der Waals surface area contributed by atoms with E-state index < -0.39 is 0 Å². The number of hydrogen-bond acceptors (Lipinski definition) is 3. The first-order valence-electron chi connectivity index (χ1n) is 6.28. The molecular formula is C15H16O3. The molecule has 0 amide bonds. The Bertz CT molecular complexity index is 500. The lowest BCUT2D eigenvalue weighted by Gasteiger charge is -2.19. The molecule has 0 unspecified atom stereocenters. The second-order valence-corrected chi connectivity index (χ2v) is 5.54. The van der Waals surface area contributed by atoms with Gasteiger partial charge in [-0.15, -0.1) is 0 Å². The van der Waals surface area contributed by atoms with Crippen molar-refractivity contribution >= 4 is 11.8 Å². The number of allylic oxidation sites excluding steroid dienone is 1. The van der Waals surface area contributed by atoms with Crippen molar-refractivity contribution in [3.8, 4) is 0 Å². The van der Waals surface area contributed by atoms with Crippen molar-refractivity contribution in [2.24, 2.45) is 17.8 Å². The molecule has 3 rings (SSSR count). The number of ketones is 1. The average molecular weight is 244 g/mol. The van der Waals surface area contributed by atoms with Gasteiger partial charge in [-0.1, -0.05) is 25.3 Å². The summed E-state index contributed by atoms with van der Waals surface area (Å²) in [4.78, 5) is 23.3. The minimum atomic E-state index is -0.300. The minimum absolute atomic E-state index is 0.0203. The molecule has 0 aromatic rings. The average Bonchev–Trinajstić information content (AvgIpc) is 2.68. The normalized spacial score (nSPS) is 39.4. The van der Waals surface area contributed by atoms with Crippen LogP contribution in [0.5, 0.6) is 0 Å². The second-order valence-electron chi connectivity index (χ2n) is 5.54. The predicted molar refractivity (Wildman–Crippen MR) is 66.6 cm³/mol. The highest BCUT2D eigenvalue weighted by molar-refractivity contribution is 5.98. The molecule has 0 aromatic carbocycles. The summed E-state index contributed by atoms with van der Waals surface area (Å²) in [6, 6.07) is 0. The number of rotatable bonds is 0. The number of esters is 1. The Hall–Kier alpha value is -1.64. The fraction of sp³-hybridized carbons (Fsp3) is 0.467. The molecule has 0 radical (unpaired) electrons. The first-order valence-corrected chi connectivity index (χ1v) is 6.28. The van der Waals surface area contributed by atoms with E-state index in [-0.39, 0.29) is 35.6 Å². The number of ether oxygens (including phenoxy) is 1. The smallest absolute Gasteiger partial charge is 0.334 e. The van der Waals surface area contributed by atoms with E-state index in [2.05, 4.69) is 19.7 Å². The molecule has 3 fully saturated rings. The molecule has 3 nitrogen and oxygen atoms in total. The SMILES string of the molecule is C=C1C(=O)O[C@H]2CC(=C)[C@@H]3CC(=O)C(=C)[C@@H]3C[C@H]12. The quantitative estimate of drug-likeness (QED) is 0.373. The van der Waals surface area contributed by atoms with E-state index in [4.69, 9.17) is 4.74 Å². The third kappa shape index (κ3) is 1.43. The molecule has 2 aliphatic carbocycles. The van der Waals surface area contributed by atoms with Crippen LogP contribution in [-0.2, 0) is 14.3 Å². The molecule has 3 heteroatoms. The van der Waals surface area contributed by atoms with E-state index in [1.807, 2.05) is 0 Å². The van der Waals surface area contributed by atoms with Crippen LogP contribution >= 0.6 is 0 Å². The van der Waals surface area contributed by atoms with E-state index in [9.17, 15) is 9.59 Å². The number of Topliss-reactive ketones (excluding diaryl/α,β-unsaturated/α-hetero) is 1. The highest BCUT2D eigenvalue weighted by atomic mass is 16.6. The summed E-state index contributed by atoms with van der Waals surface area (Å²) in [5.74, 6) is 0.159. The zero-order valence-corrected chi connectivity index (χ0v) is 10.3. The van der Waals surface area contributed by atoms with Gasteiger partial charge in [0.15, 0.2) is 5.78 Å². The Kier molecular flexibility index (Phi) is 2.34. The summed E-state index contributed by atoms with van der Waals surface area (Å²) in [7, 11) is 0. The van der Waals surface area contributed by atoms with E-state index in [0.29, 0.717) is 24.0 Å². The van der Waals surface area contributed by atoms with Crippen LogP contribution in [0.25, 0.3) is 0 Å². The number of hydrogen-bond donors (Lipinski definition) is 0. The Labute approximate surface area is 106 Å². The summed E-state index contributed by atoms with van der Waals surface area (Å²) < 4.78 is 5.34. The van der Waals surface area contributed by atoms with E-state index >= 15 is 0 Å². The zero-order valence-electron chi connectivity index (χ0n) is 10.3. The highest BCUT2D eigenvalue weighted by Gasteiger charge is 2.48. The molecule has 1 heterocycles. The van der Waals surface area contributed by atoms with Crippen LogP contribution in [0.2, 0.25) is 0 Å². The van der Waals surface area contributed by atoms with Crippen molar-refractivity contribution in [2.75, 3.05) is 0 Å². The summed E-state index contributed by atoms with van der Waals surface area (Å²) in [5.41, 5.74) is 2.25. The van der Waals surface area contributed by atoms with Gasteiger partial charge in [0.1, 0.15) is 6.10 Å². The Morgan fingerprint density at radius 2 is 1.67 bits per heavy atom. The monoisotopic (exact) mass is 244 g/mol. The molecule has 94 valence electrons. The minimum Gasteiger partial charge on any atom is -0.458 e. The third-order valence-electron chi connectivity index (χ3n) is 4.61. The van der Waals surface area contributed by atoms with Gasteiger partial charge in [-0.25, -0.2) is 4.79 Å². The van der Waals surface area contributed by atoms with Gasteiger partial charge in [0.25, 0.3) is 0 Å². The first-order chi connectivity index (χ1) is 8.49. The number of carbonyl (C=O) groups is 2. The van der Waals surface area contributed by atoms with Crippen LogP contribution in [-0.4, -0.2) is 17.9 Å². The van der Waals surface area contributed by atoms with Gasteiger partial charge in [-0.2, -0.15) is 0 Å². The van der Waals surface area contributed by atoms with Gasteiger partial charge >= 0.3 is 5.97 Å². The Morgan fingerprint density at radius 3 is 2.39 bits per heavy atom. The maximum Gasteiger partial charge on any atom is 0.334 e. The van der Waals surface area contributed by atoms with Crippen LogP contribution in [0.1, 0.15) is 19.3 Å². The molecule has 0 bridgehead atoms. The fourth-order valence-electron chi connectivity index (χ4n) is 3.49. The second kappa shape index (κ2) is 3.67. The van der Waals surface area contributed by atoms with Crippen LogP contribution in [0.15, 0.2) is 36.5 Å². The maximum atomic E-state index is 11.8. The molecular weight excluding hydrogens is 228 g/mol. The van der Waals surface area contributed by atoms with Crippen LogP contribution in [0, 0.1) is 17.8 Å². The van der Waals surface area contributed by atoms with E-state index in [0.717, 1.165) is 12.0 Å². The molecule has 4 atom stereocenters. The fourth-order valence-corrected chi connectivity index (χ4v) is 3.49. The molecule has 1 saturated heterocycles. The van der Waals surface area contributed by atoms with Gasteiger partial charge in [0, 0.05) is 24.3 Å². The van der Waals surface area contributed by atoms with Gasteiger partial charge in [-0.05, 0) is 23.8 Å². The van der Waals surface area contributed by atoms with Gasteiger partial charge in [0.05, 0.1) is 0 Å². The van der Waals surface area contributed by atoms with Crippen molar-refractivity contribution in [1.82, 2.24) is 0 Å².